The molecule has 0 heterocycles. The first-order valence-electron chi connectivity index (χ1n) is 5.42. The van der Waals surface area contributed by atoms with Gasteiger partial charge in [-0.15, -0.1) is 0 Å². The molecule has 0 aliphatic heterocycles. The predicted octanol–water partition coefficient (Wildman–Crippen LogP) is -0.0120. The molecule has 10 heteroatoms. The van der Waals surface area contributed by atoms with Gasteiger partial charge in [0.2, 0.25) is 0 Å². The number of carboxylic acid groups (broad SMARTS) is 1. The number of hydrogen-bond donors (Lipinski definition) is 2. The fourth-order valence-corrected chi connectivity index (χ4v) is 0.742. The number of alkyl halides is 3. The molecule has 0 spiro atoms. The van der Waals surface area contributed by atoms with Gasteiger partial charge in [-0.05, 0) is 6.90 Å². The molecule has 0 fully saturated rings. The van der Waals surface area contributed by atoms with E-state index in [4.69, 9.17) is 6.48 Å². The van der Waals surface area contributed by atoms with E-state index < -0.39 is 55.8 Å². The van der Waals surface area contributed by atoms with E-state index >= 15 is 0 Å². The Hall–Kier alpha value is -2.13. The zero-order valence-electron chi connectivity index (χ0n) is 10.3. The molecule has 0 aliphatic carbocycles. The van der Waals surface area contributed by atoms with Crippen LogP contribution in [0.2, 0.25) is 0 Å². The summed E-state index contributed by atoms with van der Waals surface area (Å²) >= 11 is 0. The van der Waals surface area contributed by atoms with E-state index in [-0.39, 0.29) is 0 Å². The number of aliphatic carboxylic acids is 1. The van der Waals surface area contributed by atoms with Crippen LogP contribution >= 0.6 is 0 Å². The van der Waals surface area contributed by atoms with Crippen molar-refractivity contribution in [2.75, 3.05) is 0 Å². The fraction of sp³-hybridized carbons (Fsp3) is 0.556. The van der Waals surface area contributed by atoms with E-state index in [9.17, 15) is 32.3 Å². The molecule has 1 atom stereocenters. The quantitative estimate of drug-likeness (QED) is 0.543. The van der Waals surface area contributed by atoms with Crippen LogP contribution in [0.25, 0.3) is 0 Å². The lowest BCUT2D eigenvalue weighted by Crippen LogP contribution is -2.46. The third kappa shape index (κ3) is 7.01. The highest BCUT2D eigenvalue weighted by Gasteiger charge is 2.40. The minimum atomic E-state index is -5.25. The lowest BCUT2D eigenvalue weighted by molar-refractivity contribution is -0.176. The van der Waals surface area contributed by atoms with E-state index in [1.807, 2.05) is 0 Å². The van der Waals surface area contributed by atoms with Crippen molar-refractivity contribution in [2.24, 2.45) is 0 Å². The van der Waals surface area contributed by atoms with Crippen molar-refractivity contribution in [1.82, 2.24) is 5.32 Å². The molecule has 0 saturated carbocycles. The molecule has 0 unspecified atom stereocenters. The van der Waals surface area contributed by atoms with Gasteiger partial charge in [-0.1, -0.05) is 0 Å². The number of ether oxygens (including phenoxy) is 1. The molecule has 0 saturated heterocycles. The summed E-state index contributed by atoms with van der Waals surface area (Å²) in [5.74, 6) is -6.63. The Labute approximate surface area is 106 Å². The second-order valence-electron chi connectivity index (χ2n) is 3.21. The minimum Gasteiger partial charge on any atom is -0.481 e. The lowest BCUT2D eigenvalue weighted by atomic mass is 10.3. The van der Waals surface area contributed by atoms with Crippen LogP contribution in [0.4, 0.5) is 13.2 Å². The maximum Gasteiger partial charge on any atom is 0.471 e. The number of hydrogen-bond acceptors (Lipinski definition) is 5. The molecule has 108 valence electrons. The maximum absolute atomic E-state index is 11.9. The fourth-order valence-electron chi connectivity index (χ4n) is 0.742. The van der Waals surface area contributed by atoms with Crippen molar-refractivity contribution in [1.29, 1.82) is 0 Å². The summed E-state index contributed by atoms with van der Waals surface area (Å²) < 4.78 is 46.6. The van der Waals surface area contributed by atoms with Gasteiger partial charge < -0.3 is 15.2 Å². The zero-order chi connectivity index (χ0) is 15.9. The minimum absolute atomic E-state index is 0.632. The number of amides is 1. The third-order valence-corrected chi connectivity index (χ3v) is 1.60. The lowest BCUT2D eigenvalue weighted by Gasteiger charge is -2.13. The van der Waals surface area contributed by atoms with Gasteiger partial charge in [0.25, 0.3) is 0 Å². The number of esters is 2. The summed E-state index contributed by atoms with van der Waals surface area (Å²) in [7, 11) is 0. The van der Waals surface area contributed by atoms with Crippen molar-refractivity contribution in [3.8, 4) is 0 Å². The SMILES string of the molecule is [2H]C[C@H](NC(=O)C(F)(F)F)C(=O)OC(=O)CCC(=O)O. The van der Waals surface area contributed by atoms with Crippen molar-refractivity contribution in [3.05, 3.63) is 0 Å². The van der Waals surface area contributed by atoms with Crippen LogP contribution in [0, 0.1) is 0 Å². The summed E-state index contributed by atoms with van der Waals surface area (Å²) in [5, 5.41) is 9.44. The molecular weight excluding hydrogens is 275 g/mol. The number of carboxylic acids is 1. The summed E-state index contributed by atoms with van der Waals surface area (Å²) in [6, 6.07) is -1.97. The highest BCUT2D eigenvalue weighted by atomic mass is 19.4. The van der Waals surface area contributed by atoms with Gasteiger partial charge in [0.1, 0.15) is 6.04 Å². The number of carbonyl (C=O) groups excluding carboxylic acids is 3. The van der Waals surface area contributed by atoms with Gasteiger partial charge in [-0.2, -0.15) is 13.2 Å². The van der Waals surface area contributed by atoms with Gasteiger partial charge in [-0.3, -0.25) is 14.4 Å². The van der Waals surface area contributed by atoms with Crippen LogP contribution in [0.5, 0.6) is 0 Å². The van der Waals surface area contributed by atoms with Gasteiger partial charge in [0.15, 0.2) is 0 Å². The Balaban J connectivity index is 4.45. The molecule has 0 aromatic heterocycles. The standard InChI is InChI=1S/C9H10F3NO6/c1-4(13-8(18)9(10,11)12)7(17)19-6(16)3-2-5(14)15/h4H,2-3H2,1H3,(H,13,18)(H,14,15)/t4-/m0/s1/i1D. The Bertz CT molecular complexity index is 411. The van der Waals surface area contributed by atoms with Gasteiger partial charge in [0.05, 0.1) is 12.8 Å². The largest absolute Gasteiger partial charge is 0.481 e. The second kappa shape index (κ2) is 6.71. The van der Waals surface area contributed by atoms with Gasteiger partial charge >= 0.3 is 30.0 Å². The Morgan fingerprint density at radius 3 is 2.32 bits per heavy atom. The Morgan fingerprint density at radius 1 is 1.32 bits per heavy atom. The average molecular weight is 286 g/mol. The Kier molecular flexibility index (Phi) is 5.27. The molecular formula is C9H10F3NO6. The predicted molar refractivity (Wildman–Crippen MR) is 51.6 cm³/mol. The summed E-state index contributed by atoms with van der Waals surface area (Å²) in [6.07, 6.45) is -6.55. The first-order chi connectivity index (χ1) is 9.07. The second-order valence-corrected chi connectivity index (χ2v) is 3.21. The van der Waals surface area contributed by atoms with Crippen molar-refractivity contribution in [3.63, 3.8) is 0 Å². The number of halogens is 3. The summed E-state index contributed by atoms with van der Waals surface area (Å²) in [6.45, 7) is -0.979. The van der Waals surface area contributed by atoms with Gasteiger partial charge in [0, 0.05) is 1.37 Å². The highest BCUT2D eigenvalue weighted by molar-refractivity contribution is 5.92. The van der Waals surface area contributed by atoms with Crippen molar-refractivity contribution < 1.29 is 43.6 Å². The molecule has 0 radical (unpaired) electrons. The third-order valence-electron chi connectivity index (χ3n) is 1.60. The highest BCUT2D eigenvalue weighted by Crippen LogP contribution is 2.14. The maximum atomic E-state index is 11.9. The van der Waals surface area contributed by atoms with Crippen molar-refractivity contribution >= 4 is 23.8 Å². The number of nitrogens with one attached hydrogen (secondary N) is 1. The monoisotopic (exact) mass is 286 g/mol. The number of carbonyl (C=O) groups is 4. The number of rotatable bonds is 5. The molecule has 0 bridgehead atoms. The topological polar surface area (TPSA) is 110 Å². The van der Waals surface area contributed by atoms with Crippen LogP contribution in [-0.2, 0) is 23.9 Å². The van der Waals surface area contributed by atoms with E-state index in [1.165, 1.54) is 5.32 Å². The van der Waals surface area contributed by atoms with Crippen LogP contribution in [0.15, 0.2) is 0 Å². The van der Waals surface area contributed by atoms with E-state index in [0.717, 1.165) is 0 Å². The van der Waals surface area contributed by atoms with Crippen LogP contribution in [-0.4, -0.2) is 41.1 Å². The molecule has 0 aromatic rings. The molecule has 0 rings (SSSR count). The average Bonchev–Trinajstić information content (AvgIpc) is 2.31. The molecule has 0 aromatic carbocycles. The first kappa shape index (κ1) is 14.9. The van der Waals surface area contributed by atoms with Crippen LogP contribution in [0.3, 0.4) is 0 Å². The van der Waals surface area contributed by atoms with Crippen LogP contribution < -0.4 is 5.32 Å². The normalized spacial score (nSPS) is 13.1. The van der Waals surface area contributed by atoms with Crippen molar-refractivity contribution in [2.45, 2.75) is 32.0 Å². The summed E-state index contributed by atoms with van der Waals surface area (Å²) in [5.41, 5.74) is 0. The Morgan fingerprint density at radius 2 is 1.89 bits per heavy atom. The first-order valence-corrected chi connectivity index (χ1v) is 4.71. The molecule has 2 N–H and O–H groups in total. The van der Waals surface area contributed by atoms with E-state index in [1.54, 1.807) is 0 Å². The van der Waals surface area contributed by atoms with E-state index in [0.29, 0.717) is 0 Å². The van der Waals surface area contributed by atoms with Crippen LogP contribution in [0.1, 0.15) is 21.1 Å². The molecule has 1 amide bonds. The smallest absolute Gasteiger partial charge is 0.471 e. The molecule has 7 nitrogen and oxygen atoms in total. The van der Waals surface area contributed by atoms with E-state index in [2.05, 4.69) is 4.74 Å². The zero-order valence-corrected chi connectivity index (χ0v) is 9.32. The summed E-state index contributed by atoms with van der Waals surface area (Å²) in [4.78, 5) is 42.8. The molecule has 19 heavy (non-hydrogen) atoms. The molecule has 0 aliphatic rings. The van der Waals surface area contributed by atoms with Gasteiger partial charge in [-0.25, -0.2) is 4.79 Å².